The first-order valence-electron chi connectivity index (χ1n) is 3.98. The van der Waals surface area contributed by atoms with Crippen molar-refractivity contribution in [2.75, 3.05) is 6.61 Å². The SMILES string of the molecule is CCOC(=O)c1cnc(O)c(C)c1. The van der Waals surface area contributed by atoms with Crippen LogP contribution in [0, 0.1) is 6.92 Å². The Morgan fingerprint density at radius 2 is 2.38 bits per heavy atom. The van der Waals surface area contributed by atoms with Crippen LogP contribution in [-0.2, 0) is 4.74 Å². The molecule has 0 bridgehead atoms. The van der Waals surface area contributed by atoms with E-state index >= 15 is 0 Å². The molecule has 4 heteroatoms. The highest BCUT2D eigenvalue weighted by Crippen LogP contribution is 2.13. The summed E-state index contributed by atoms with van der Waals surface area (Å²) < 4.78 is 4.76. The lowest BCUT2D eigenvalue weighted by molar-refractivity contribution is 0.0525. The molecule has 0 radical (unpaired) electrons. The van der Waals surface area contributed by atoms with Crippen LogP contribution in [0.4, 0.5) is 0 Å². The number of pyridine rings is 1. The van der Waals surface area contributed by atoms with Crippen molar-refractivity contribution in [2.24, 2.45) is 0 Å². The fourth-order valence-electron chi connectivity index (χ4n) is 0.894. The maximum atomic E-state index is 11.2. The number of hydrogen-bond acceptors (Lipinski definition) is 4. The van der Waals surface area contributed by atoms with Gasteiger partial charge in [0.2, 0.25) is 5.88 Å². The number of aromatic nitrogens is 1. The van der Waals surface area contributed by atoms with E-state index in [1.54, 1.807) is 19.9 Å². The van der Waals surface area contributed by atoms with Gasteiger partial charge in [-0.05, 0) is 19.9 Å². The Balaban J connectivity index is 2.90. The van der Waals surface area contributed by atoms with E-state index in [9.17, 15) is 4.79 Å². The monoisotopic (exact) mass is 181 g/mol. The molecular weight excluding hydrogens is 170 g/mol. The highest BCUT2D eigenvalue weighted by Gasteiger charge is 2.08. The molecule has 1 aromatic rings. The first-order chi connectivity index (χ1) is 6.15. The van der Waals surface area contributed by atoms with Gasteiger partial charge < -0.3 is 9.84 Å². The number of carbonyl (C=O) groups excluding carboxylic acids is 1. The molecule has 13 heavy (non-hydrogen) atoms. The van der Waals surface area contributed by atoms with Crippen molar-refractivity contribution in [3.05, 3.63) is 23.4 Å². The molecule has 0 aromatic carbocycles. The largest absolute Gasteiger partial charge is 0.493 e. The second-order valence-corrected chi connectivity index (χ2v) is 2.58. The van der Waals surface area contributed by atoms with Crippen LogP contribution in [0.15, 0.2) is 12.3 Å². The Labute approximate surface area is 76.2 Å². The number of rotatable bonds is 2. The molecular formula is C9H11NO3. The van der Waals surface area contributed by atoms with Crippen LogP contribution in [0.1, 0.15) is 22.8 Å². The molecule has 0 unspecified atom stereocenters. The molecule has 1 aromatic heterocycles. The van der Waals surface area contributed by atoms with E-state index in [4.69, 9.17) is 9.84 Å². The number of hydrogen-bond donors (Lipinski definition) is 1. The van der Waals surface area contributed by atoms with Gasteiger partial charge in [-0.1, -0.05) is 0 Å². The van der Waals surface area contributed by atoms with Gasteiger partial charge in [-0.3, -0.25) is 0 Å². The number of aromatic hydroxyl groups is 1. The van der Waals surface area contributed by atoms with E-state index in [2.05, 4.69) is 4.98 Å². The van der Waals surface area contributed by atoms with Gasteiger partial charge in [0, 0.05) is 11.8 Å². The molecule has 1 rings (SSSR count). The molecule has 1 heterocycles. The fourth-order valence-corrected chi connectivity index (χ4v) is 0.894. The lowest BCUT2D eigenvalue weighted by atomic mass is 10.2. The normalized spacial score (nSPS) is 9.69. The zero-order valence-electron chi connectivity index (χ0n) is 7.57. The van der Waals surface area contributed by atoms with Crippen LogP contribution in [0.25, 0.3) is 0 Å². The molecule has 0 aliphatic rings. The molecule has 0 saturated carbocycles. The zero-order chi connectivity index (χ0) is 9.84. The van der Waals surface area contributed by atoms with Crippen LogP contribution in [0.5, 0.6) is 5.88 Å². The van der Waals surface area contributed by atoms with Crippen LogP contribution in [0.3, 0.4) is 0 Å². The molecule has 0 aliphatic carbocycles. The summed E-state index contributed by atoms with van der Waals surface area (Å²) in [6, 6.07) is 1.54. The minimum atomic E-state index is -0.418. The van der Waals surface area contributed by atoms with Gasteiger partial charge in [0.25, 0.3) is 0 Å². The first-order valence-corrected chi connectivity index (χ1v) is 3.98. The molecule has 0 spiro atoms. The third-order valence-corrected chi connectivity index (χ3v) is 1.56. The highest BCUT2D eigenvalue weighted by atomic mass is 16.5. The molecule has 0 saturated heterocycles. The Kier molecular flexibility index (Phi) is 2.84. The van der Waals surface area contributed by atoms with Crippen molar-refractivity contribution in [3.8, 4) is 5.88 Å². The van der Waals surface area contributed by atoms with E-state index in [-0.39, 0.29) is 5.88 Å². The number of carbonyl (C=O) groups is 1. The second kappa shape index (κ2) is 3.89. The first kappa shape index (κ1) is 9.51. The van der Waals surface area contributed by atoms with E-state index in [0.717, 1.165) is 0 Å². The third kappa shape index (κ3) is 2.18. The lowest BCUT2D eigenvalue weighted by Crippen LogP contribution is -2.05. The van der Waals surface area contributed by atoms with Gasteiger partial charge >= 0.3 is 5.97 Å². The average Bonchev–Trinajstić information content (AvgIpc) is 2.10. The zero-order valence-corrected chi connectivity index (χ0v) is 7.57. The Morgan fingerprint density at radius 3 is 2.92 bits per heavy atom. The van der Waals surface area contributed by atoms with Crippen LogP contribution < -0.4 is 0 Å². The van der Waals surface area contributed by atoms with Crippen molar-refractivity contribution >= 4 is 5.97 Å². The van der Waals surface area contributed by atoms with E-state index in [1.807, 2.05) is 0 Å². The standard InChI is InChI=1S/C9H11NO3/c1-3-13-9(12)7-4-6(2)8(11)10-5-7/h4-5H,3H2,1-2H3,(H,10,11). The highest BCUT2D eigenvalue weighted by molar-refractivity contribution is 5.89. The third-order valence-electron chi connectivity index (χ3n) is 1.56. The topological polar surface area (TPSA) is 59.4 Å². The second-order valence-electron chi connectivity index (χ2n) is 2.58. The van der Waals surface area contributed by atoms with Crippen molar-refractivity contribution < 1.29 is 14.6 Å². The minimum Gasteiger partial charge on any atom is -0.493 e. The van der Waals surface area contributed by atoms with Crippen molar-refractivity contribution in [1.29, 1.82) is 0 Å². The van der Waals surface area contributed by atoms with Crippen molar-refractivity contribution in [2.45, 2.75) is 13.8 Å². The summed E-state index contributed by atoms with van der Waals surface area (Å²) in [6.45, 7) is 3.74. The summed E-state index contributed by atoms with van der Waals surface area (Å²) in [6.07, 6.45) is 1.29. The maximum Gasteiger partial charge on any atom is 0.339 e. The number of nitrogens with zero attached hydrogens (tertiary/aromatic N) is 1. The van der Waals surface area contributed by atoms with Gasteiger partial charge in [-0.2, -0.15) is 0 Å². The minimum absolute atomic E-state index is 0.0620. The van der Waals surface area contributed by atoms with Crippen molar-refractivity contribution in [3.63, 3.8) is 0 Å². The number of esters is 1. The van der Waals surface area contributed by atoms with Gasteiger partial charge in [0.05, 0.1) is 12.2 Å². The molecule has 0 fully saturated rings. The van der Waals surface area contributed by atoms with Crippen LogP contribution in [0.2, 0.25) is 0 Å². The molecule has 0 amide bonds. The fraction of sp³-hybridized carbons (Fsp3) is 0.333. The molecule has 70 valence electrons. The Morgan fingerprint density at radius 1 is 1.69 bits per heavy atom. The molecule has 0 atom stereocenters. The maximum absolute atomic E-state index is 11.2. The molecule has 4 nitrogen and oxygen atoms in total. The summed E-state index contributed by atoms with van der Waals surface area (Å²) in [7, 11) is 0. The van der Waals surface area contributed by atoms with Gasteiger partial charge in [0.15, 0.2) is 0 Å². The summed E-state index contributed by atoms with van der Waals surface area (Å²) >= 11 is 0. The number of ether oxygens (including phenoxy) is 1. The quantitative estimate of drug-likeness (QED) is 0.698. The Hall–Kier alpha value is -1.58. The summed E-state index contributed by atoms with van der Waals surface area (Å²) in [4.78, 5) is 14.8. The average molecular weight is 181 g/mol. The summed E-state index contributed by atoms with van der Waals surface area (Å²) in [5.41, 5.74) is 0.919. The molecule has 0 aliphatic heterocycles. The van der Waals surface area contributed by atoms with Gasteiger partial charge in [-0.15, -0.1) is 0 Å². The summed E-state index contributed by atoms with van der Waals surface area (Å²) in [5.74, 6) is -0.480. The van der Waals surface area contributed by atoms with Crippen LogP contribution in [-0.4, -0.2) is 22.7 Å². The molecule has 1 N–H and O–H groups in total. The predicted molar refractivity (Wildman–Crippen MR) is 46.6 cm³/mol. The van der Waals surface area contributed by atoms with Crippen molar-refractivity contribution in [1.82, 2.24) is 4.98 Å². The van der Waals surface area contributed by atoms with Crippen LogP contribution >= 0.6 is 0 Å². The lowest BCUT2D eigenvalue weighted by Gasteiger charge is -2.02. The van der Waals surface area contributed by atoms with Gasteiger partial charge in [-0.25, -0.2) is 9.78 Å². The van der Waals surface area contributed by atoms with E-state index in [1.165, 1.54) is 6.20 Å². The predicted octanol–water partition coefficient (Wildman–Crippen LogP) is 1.27. The number of aryl methyl sites for hydroxylation is 1. The van der Waals surface area contributed by atoms with Gasteiger partial charge in [0.1, 0.15) is 0 Å². The van der Waals surface area contributed by atoms with E-state index < -0.39 is 5.97 Å². The van der Waals surface area contributed by atoms with E-state index in [0.29, 0.717) is 17.7 Å². The Bertz CT molecular complexity index is 323. The smallest absolute Gasteiger partial charge is 0.339 e. The summed E-state index contributed by atoms with van der Waals surface area (Å²) in [5, 5.41) is 9.09.